The highest BCUT2D eigenvalue weighted by atomic mass is 32.2. The number of carbonyl (C=O) groups excluding carboxylic acids is 1. The number of sulfonamides is 1. The zero-order valence-electron chi connectivity index (χ0n) is 10.8. The smallest absolute Gasteiger partial charge is 0.220 e. The van der Waals surface area contributed by atoms with E-state index >= 15 is 0 Å². The Hall–Kier alpha value is -1.91. The molecule has 0 spiro atoms. The van der Waals surface area contributed by atoms with Crippen LogP contribution >= 0.6 is 0 Å². The van der Waals surface area contributed by atoms with Crippen LogP contribution in [0.5, 0.6) is 0 Å². The van der Waals surface area contributed by atoms with Crippen LogP contribution < -0.4 is 10.0 Å². The maximum absolute atomic E-state index is 12.0. The highest BCUT2D eigenvalue weighted by molar-refractivity contribution is 7.88. The van der Waals surface area contributed by atoms with E-state index in [0.717, 1.165) is 0 Å². The van der Waals surface area contributed by atoms with Gasteiger partial charge in [0.05, 0.1) is 17.4 Å². The predicted molar refractivity (Wildman–Crippen MR) is 72.9 cm³/mol. The number of piperidine rings is 1. The molecule has 0 saturated carbocycles. The minimum absolute atomic E-state index is 0.0535. The van der Waals surface area contributed by atoms with Crippen LogP contribution in [-0.2, 0) is 20.6 Å². The molecule has 2 rings (SSSR count). The van der Waals surface area contributed by atoms with Crippen LogP contribution in [0.25, 0.3) is 0 Å². The Morgan fingerprint density at radius 3 is 2.90 bits per heavy atom. The fourth-order valence-corrected chi connectivity index (χ4v) is 3.49. The summed E-state index contributed by atoms with van der Waals surface area (Å²) < 4.78 is 26.7. The summed E-state index contributed by atoms with van der Waals surface area (Å²) in [7, 11) is -3.49. The summed E-state index contributed by atoms with van der Waals surface area (Å²) >= 11 is 0. The second-order valence-corrected chi connectivity index (χ2v) is 6.48. The standard InChI is InChI=1S/C13H15N3O3S/c14-7-10-2-1-3-11(6-10)9-20(18,19)16-12-4-5-13(17)15-8-12/h1-3,6,12,16H,4-5,8-9H2,(H,15,17). The van der Waals surface area contributed by atoms with Crippen LogP contribution in [0.1, 0.15) is 24.0 Å². The zero-order chi connectivity index (χ0) is 14.6. The van der Waals surface area contributed by atoms with Crippen molar-refractivity contribution in [3.8, 4) is 6.07 Å². The van der Waals surface area contributed by atoms with Crippen molar-refractivity contribution >= 4 is 15.9 Å². The lowest BCUT2D eigenvalue weighted by atomic mass is 10.1. The van der Waals surface area contributed by atoms with Gasteiger partial charge in [0.1, 0.15) is 0 Å². The van der Waals surface area contributed by atoms with Crippen LogP contribution in [0.3, 0.4) is 0 Å². The molecule has 1 aromatic carbocycles. The van der Waals surface area contributed by atoms with Gasteiger partial charge in [0.25, 0.3) is 0 Å². The number of rotatable bonds is 4. The quantitative estimate of drug-likeness (QED) is 0.831. The third-order valence-corrected chi connectivity index (χ3v) is 4.43. The molecule has 1 aliphatic rings. The Kier molecular flexibility index (Phi) is 4.37. The normalized spacial score (nSPS) is 19.1. The first-order valence-corrected chi connectivity index (χ1v) is 7.89. The van der Waals surface area contributed by atoms with Crippen LogP contribution in [0.2, 0.25) is 0 Å². The number of carbonyl (C=O) groups is 1. The lowest BCUT2D eigenvalue weighted by molar-refractivity contribution is -0.122. The molecule has 6 nitrogen and oxygen atoms in total. The summed E-state index contributed by atoms with van der Waals surface area (Å²) in [6, 6.07) is 8.22. The maximum Gasteiger partial charge on any atom is 0.220 e. The van der Waals surface area contributed by atoms with Crippen molar-refractivity contribution in [3.63, 3.8) is 0 Å². The summed E-state index contributed by atoms with van der Waals surface area (Å²) in [6.07, 6.45) is 0.834. The fourth-order valence-electron chi connectivity index (χ4n) is 2.08. The van der Waals surface area contributed by atoms with Crippen molar-refractivity contribution in [2.75, 3.05) is 6.54 Å². The molecule has 1 fully saturated rings. The molecule has 1 heterocycles. The van der Waals surface area contributed by atoms with Crippen LogP contribution in [0, 0.1) is 11.3 Å². The van der Waals surface area contributed by atoms with E-state index in [1.165, 1.54) is 0 Å². The van der Waals surface area contributed by atoms with Crippen molar-refractivity contribution in [3.05, 3.63) is 35.4 Å². The molecular weight excluding hydrogens is 278 g/mol. The summed E-state index contributed by atoms with van der Waals surface area (Å²) in [4.78, 5) is 11.0. The Labute approximate surface area is 117 Å². The van der Waals surface area contributed by atoms with Gasteiger partial charge in [0, 0.05) is 19.0 Å². The van der Waals surface area contributed by atoms with Gasteiger partial charge < -0.3 is 5.32 Å². The second-order valence-electron chi connectivity index (χ2n) is 4.73. The molecular formula is C13H15N3O3S. The number of benzene rings is 1. The highest BCUT2D eigenvalue weighted by Crippen LogP contribution is 2.10. The minimum atomic E-state index is -3.49. The van der Waals surface area contributed by atoms with Gasteiger partial charge in [-0.2, -0.15) is 5.26 Å². The van der Waals surface area contributed by atoms with E-state index in [-0.39, 0.29) is 17.7 Å². The number of hydrogen-bond acceptors (Lipinski definition) is 4. The third kappa shape index (κ3) is 4.05. The summed E-state index contributed by atoms with van der Waals surface area (Å²) in [5.41, 5.74) is 0.999. The maximum atomic E-state index is 12.0. The molecule has 106 valence electrons. The van der Waals surface area contributed by atoms with E-state index in [2.05, 4.69) is 10.0 Å². The summed E-state index contributed by atoms with van der Waals surface area (Å²) in [6.45, 7) is 0.316. The van der Waals surface area contributed by atoms with Gasteiger partial charge in [-0.1, -0.05) is 12.1 Å². The molecule has 0 radical (unpaired) electrons. The first-order chi connectivity index (χ1) is 9.48. The third-order valence-electron chi connectivity index (χ3n) is 3.02. The molecule has 0 bridgehead atoms. The average molecular weight is 293 g/mol. The van der Waals surface area contributed by atoms with Gasteiger partial charge in [0.15, 0.2) is 0 Å². The van der Waals surface area contributed by atoms with Crippen molar-refractivity contribution in [1.82, 2.24) is 10.0 Å². The van der Waals surface area contributed by atoms with Crippen LogP contribution in [-0.4, -0.2) is 26.9 Å². The van der Waals surface area contributed by atoms with Crippen molar-refractivity contribution in [2.24, 2.45) is 0 Å². The van der Waals surface area contributed by atoms with Crippen LogP contribution in [0.4, 0.5) is 0 Å². The van der Waals surface area contributed by atoms with E-state index in [0.29, 0.717) is 30.5 Å². The van der Waals surface area contributed by atoms with E-state index < -0.39 is 10.0 Å². The molecule has 2 N–H and O–H groups in total. The van der Waals surface area contributed by atoms with Gasteiger partial charge in [-0.3, -0.25) is 4.79 Å². The number of nitriles is 1. The van der Waals surface area contributed by atoms with Gasteiger partial charge in [-0.15, -0.1) is 0 Å². The molecule has 1 amide bonds. The molecule has 1 atom stereocenters. The molecule has 7 heteroatoms. The number of nitrogens with one attached hydrogen (secondary N) is 2. The average Bonchev–Trinajstić information content (AvgIpc) is 2.41. The molecule has 20 heavy (non-hydrogen) atoms. The summed E-state index contributed by atoms with van der Waals surface area (Å²) in [5, 5.41) is 11.4. The molecule has 0 aliphatic carbocycles. The first-order valence-electron chi connectivity index (χ1n) is 6.24. The van der Waals surface area contributed by atoms with E-state index in [9.17, 15) is 13.2 Å². The Bertz CT molecular complexity index is 639. The zero-order valence-corrected chi connectivity index (χ0v) is 11.6. The van der Waals surface area contributed by atoms with E-state index in [1.54, 1.807) is 24.3 Å². The lowest BCUT2D eigenvalue weighted by Gasteiger charge is -2.23. The molecule has 1 aromatic rings. The van der Waals surface area contributed by atoms with Gasteiger partial charge in [-0.05, 0) is 24.1 Å². The van der Waals surface area contributed by atoms with Gasteiger partial charge in [0.2, 0.25) is 15.9 Å². The molecule has 0 aromatic heterocycles. The van der Waals surface area contributed by atoms with Crippen molar-refractivity contribution in [2.45, 2.75) is 24.6 Å². The minimum Gasteiger partial charge on any atom is -0.355 e. The molecule has 1 saturated heterocycles. The van der Waals surface area contributed by atoms with Gasteiger partial charge in [-0.25, -0.2) is 13.1 Å². The number of amides is 1. The van der Waals surface area contributed by atoms with Crippen molar-refractivity contribution < 1.29 is 13.2 Å². The van der Waals surface area contributed by atoms with Crippen molar-refractivity contribution in [1.29, 1.82) is 5.26 Å². The summed E-state index contributed by atoms with van der Waals surface area (Å²) in [5.74, 6) is -0.227. The molecule has 1 aliphatic heterocycles. The Morgan fingerprint density at radius 2 is 2.25 bits per heavy atom. The SMILES string of the molecule is N#Cc1cccc(CS(=O)(=O)NC2CCC(=O)NC2)c1. The second kappa shape index (κ2) is 6.03. The lowest BCUT2D eigenvalue weighted by Crippen LogP contribution is -2.47. The van der Waals surface area contributed by atoms with E-state index in [4.69, 9.17) is 5.26 Å². The van der Waals surface area contributed by atoms with Gasteiger partial charge >= 0.3 is 0 Å². The number of nitrogens with zero attached hydrogens (tertiary/aromatic N) is 1. The monoisotopic (exact) mass is 293 g/mol. The Balaban J connectivity index is 2.00. The number of hydrogen-bond donors (Lipinski definition) is 2. The topological polar surface area (TPSA) is 99.1 Å². The predicted octanol–water partition coefficient (Wildman–Crippen LogP) is 0.256. The largest absolute Gasteiger partial charge is 0.355 e. The highest BCUT2D eigenvalue weighted by Gasteiger charge is 2.23. The Morgan fingerprint density at radius 1 is 1.45 bits per heavy atom. The van der Waals surface area contributed by atoms with E-state index in [1.807, 2.05) is 6.07 Å². The first kappa shape index (κ1) is 14.5. The molecule has 1 unspecified atom stereocenters. The fraction of sp³-hybridized carbons (Fsp3) is 0.385. The van der Waals surface area contributed by atoms with Crippen LogP contribution in [0.15, 0.2) is 24.3 Å².